The Labute approximate surface area is 158 Å². The van der Waals surface area contributed by atoms with Crippen molar-refractivity contribution in [1.82, 2.24) is 14.6 Å². The minimum Gasteiger partial charge on any atom is -0.455 e. The third-order valence-electron chi connectivity index (χ3n) is 5.22. The largest absolute Gasteiger partial charge is 0.455 e. The number of hydrogen-bond acceptors (Lipinski definition) is 4. The lowest BCUT2D eigenvalue weighted by molar-refractivity contribution is -0.659. The first-order valence-corrected chi connectivity index (χ1v) is 9.56. The maximum atomic E-state index is 6.33. The van der Waals surface area contributed by atoms with Gasteiger partial charge in [0.25, 0.3) is 0 Å². The van der Waals surface area contributed by atoms with E-state index in [0.717, 1.165) is 43.7 Å². The number of para-hydroxylation sites is 1. The summed E-state index contributed by atoms with van der Waals surface area (Å²) in [7, 11) is 2.08. The van der Waals surface area contributed by atoms with E-state index in [1.807, 2.05) is 16.5 Å². The van der Waals surface area contributed by atoms with Crippen LogP contribution in [0.2, 0.25) is 0 Å². The van der Waals surface area contributed by atoms with Crippen LogP contribution < -0.4 is 4.57 Å². The molecule has 4 heterocycles. The fraction of sp³-hybridized carbons (Fsp3) is 0.0952. The van der Waals surface area contributed by atoms with E-state index in [9.17, 15) is 0 Å². The molecule has 0 saturated heterocycles. The molecule has 0 bridgehead atoms. The van der Waals surface area contributed by atoms with Crippen LogP contribution in [0.25, 0.3) is 48.4 Å². The van der Waals surface area contributed by atoms with Crippen LogP contribution in [0.3, 0.4) is 0 Å². The predicted molar refractivity (Wildman–Crippen MR) is 107 cm³/mol. The van der Waals surface area contributed by atoms with Gasteiger partial charge >= 0.3 is 0 Å². The number of aromatic nitrogens is 4. The van der Waals surface area contributed by atoms with Crippen molar-refractivity contribution in [3.63, 3.8) is 0 Å². The van der Waals surface area contributed by atoms with Crippen LogP contribution in [0, 0.1) is 6.92 Å². The second kappa shape index (κ2) is 5.14. The van der Waals surface area contributed by atoms with Crippen LogP contribution in [-0.4, -0.2) is 14.6 Å². The zero-order chi connectivity index (χ0) is 18.1. The van der Waals surface area contributed by atoms with Gasteiger partial charge in [0.05, 0.1) is 11.1 Å². The van der Waals surface area contributed by atoms with Gasteiger partial charge in [-0.05, 0) is 18.6 Å². The lowest BCUT2D eigenvalue weighted by Gasteiger charge is -2.06. The molecule has 0 N–H and O–H groups in total. The number of aryl methyl sites for hydroxylation is 2. The lowest BCUT2D eigenvalue weighted by Crippen LogP contribution is -2.30. The van der Waals surface area contributed by atoms with Crippen molar-refractivity contribution >= 4 is 48.5 Å². The number of fused-ring (bicyclic) bond motifs is 6. The molecule has 2 aromatic carbocycles. The van der Waals surface area contributed by atoms with Gasteiger partial charge in [0, 0.05) is 16.8 Å². The predicted octanol–water partition coefficient (Wildman–Crippen LogP) is 4.64. The summed E-state index contributed by atoms with van der Waals surface area (Å²) < 4.78 is 11.7. The first kappa shape index (κ1) is 14.9. The van der Waals surface area contributed by atoms with E-state index >= 15 is 0 Å². The van der Waals surface area contributed by atoms with E-state index < -0.39 is 0 Å². The average Bonchev–Trinajstić information content (AvgIpc) is 3.35. The summed E-state index contributed by atoms with van der Waals surface area (Å²) in [5.74, 6) is 0. The summed E-state index contributed by atoms with van der Waals surface area (Å²) in [5.41, 5.74) is 6.43. The number of nitrogens with zero attached hydrogens (tertiary/aromatic N) is 4. The van der Waals surface area contributed by atoms with Crippen LogP contribution in [0.5, 0.6) is 0 Å². The number of thiazole rings is 1. The van der Waals surface area contributed by atoms with Crippen molar-refractivity contribution in [2.75, 3.05) is 0 Å². The smallest absolute Gasteiger partial charge is 0.236 e. The molecule has 0 atom stereocenters. The highest BCUT2D eigenvalue weighted by atomic mass is 32.1. The van der Waals surface area contributed by atoms with Crippen molar-refractivity contribution in [3.05, 3.63) is 60.6 Å². The minimum atomic E-state index is 0.895. The van der Waals surface area contributed by atoms with Gasteiger partial charge in [-0.3, -0.25) is 4.40 Å². The van der Waals surface area contributed by atoms with Crippen LogP contribution >= 0.6 is 11.3 Å². The third kappa shape index (κ3) is 1.90. The quantitative estimate of drug-likeness (QED) is 0.396. The SMILES string of the molecule is Cc1ccc2c(oc3ccccc32)c1-c1c2sc3nncn3c2cc[n+]1C. The minimum absolute atomic E-state index is 0.895. The summed E-state index contributed by atoms with van der Waals surface area (Å²) in [6.07, 6.45) is 3.86. The fourth-order valence-corrected chi connectivity index (χ4v) is 5.05. The third-order valence-corrected chi connectivity index (χ3v) is 6.29. The molecule has 0 unspecified atom stereocenters. The zero-order valence-electron chi connectivity index (χ0n) is 14.8. The van der Waals surface area contributed by atoms with Gasteiger partial charge in [-0.15, -0.1) is 10.2 Å². The maximum Gasteiger partial charge on any atom is 0.236 e. The second-order valence-corrected chi connectivity index (χ2v) is 7.79. The number of pyridine rings is 1. The molecule has 0 radical (unpaired) electrons. The molecule has 4 aromatic heterocycles. The Balaban J connectivity index is 1.82. The van der Waals surface area contributed by atoms with Crippen molar-refractivity contribution in [2.24, 2.45) is 7.05 Å². The number of furan rings is 1. The molecule has 0 aliphatic heterocycles. The van der Waals surface area contributed by atoms with Crippen LogP contribution in [0.1, 0.15) is 5.56 Å². The van der Waals surface area contributed by atoms with Crippen LogP contribution in [0.15, 0.2) is 59.4 Å². The highest BCUT2D eigenvalue weighted by molar-refractivity contribution is 7.24. The number of benzene rings is 2. The molecule has 0 aliphatic rings. The number of rotatable bonds is 1. The number of hydrogen-bond donors (Lipinski definition) is 0. The zero-order valence-corrected chi connectivity index (χ0v) is 15.6. The van der Waals surface area contributed by atoms with Crippen LogP contribution in [-0.2, 0) is 7.05 Å². The lowest BCUT2D eigenvalue weighted by atomic mass is 10.0. The highest BCUT2D eigenvalue weighted by Crippen LogP contribution is 2.40. The van der Waals surface area contributed by atoms with E-state index in [1.54, 1.807) is 17.7 Å². The van der Waals surface area contributed by atoms with E-state index in [2.05, 4.69) is 65.3 Å². The molecule has 5 nitrogen and oxygen atoms in total. The first-order valence-electron chi connectivity index (χ1n) is 8.74. The molecule has 6 rings (SSSR count). The van der Waals surface area contributed by atoms with Gasteiger partial charge in [0.2, 0.25) is 10.7 Å². The first-order chi connectivity index (χ1) is 13.2. The summed E-state index contributed by atoms with van der Waals surface area (Å²) in [5, 5.41) is 10.6. The summed E-state index contributed by atoms with van der Waals surface area (Å²) in [6, 6.07) is 14.7. The maximum absolute atomic E-state index is 6.33. The Bertz CT molecular complexity index is 1510. The van der Waals surface area contributed by atoms with Gasteiger partial charge in [-0.2, -0.15) is 4.57 Å². The van der Waals surface area contributed by atoms with Crippen LogP contribution in [0.4, 0.5) is 0 Å². The second-order valence-electron chi connectivity index (χ2n) is 6.81. The molecule has 6 heteroatoms. The van der Waals surface area contributed by atoms with Crippen molar-refractivity contribution < 1.29 is 8.98 Å². The molecule has 27 heavy (non-hydrogen) atoms. The Morgan fingerprint density at radius 2 is 1.96 bits per heavy atom. The fourth-order valence-electron chi connectivity index (χ4n) is 3.93. The van der Waals surface area contributed by atoms with E-state index in [1.165, 1.54) is 10.3 Å². The van der Waals surface area contributed by atoms with Crippen molar-refractivity contribution in [3.8, 4) is 11.3 Å². The van der Waals surface area contributed by atoms with Gasteiger partial charge in [-0.1, -0.05) is 41.7 Å². The summed E-state index contributed by atoms with van der Waals surface area (Å²) >= 11 is 1.65. The molecule has 6 aromatic rings. The molecule has 0 fully saturated rings. The van der Waals surface area contributed by atoms with Gasteiger partial charge in [0.15, 0.2) is 6.20 Å². The molecule has 0 saturated carbocycles. The molecular formula is C21H15N4OS+. The Morgan fingerprint density at radius 1 is 1.07 bits per heavy atom. The van der Waals surface area contributed by atoms with E-state index in [0.29, 0.717) is 0 Å². The molecule has 0 aliphatic carbocycles. The monoisotopic (exact) mass is 371 g/mol. The van der Waals surface area contributed by atoms with E-state index in [-0.39, 0.29) is 0 Å². The Kier molecular flexibility index (Phi) is 2.83. The molecule has 130 valence electrons. The highest BCUT2D eigenvalue weighted by Gasteiger charge is 2.25. The van der Waals surface area contributed by atoms with Gasteiger partial charge in [0.1, 0.15) is 29.2 Å². The van der Waals surface area contributed by atoms with Gasteiger partial charge in [-0.25, -0.2) is 0 Å². The Morgan fingerprint density at radius 3 is 2.89 bits per heavy atom. The summed E-state index contributed by atoms with van der Waals surface area (Å²) in [4.78, 5) is 0.895. The molecule has 0 amide bonds. The normalized spacial score (nSPS) is 12.1. The summed E-state index contributed by atoms with van der Waals surface area (Å²) in [6.45, 7) is 2.14. The topological polar surface area (TPSA) is 47.2 Å². The van der Waals surface area contributed by atoms with Gasteiger partial charge < -0.3 is 4.42 Å². The van der Waals surface area contributed by atoms with Crippen molar-refractivity contribution in [2.45, 2.75) is 6.92 Å². The Hall–Kier alpha value is -3.25. The van der Waals surface area contributed by atoms with Crippen molar-refractivity contribution in [1.29, 1.82) is 0 Å². The average molecular weight is 371 g/mol. The molecule has 0 spiro atoms. The standard InChI is InChI=1S/C21H15N4OS/c1-12-7-8-14-13-5-3-4-6-16(13)26-19(14)17(12)18-20-15(9-10-24(18)2)25-11-22-23-21(25)27-20/h3-11H,1-2H3/q+1. The van der Waals surface area contributed by atoms with E-state index in [4.69, 9.17) is 4.42 Å². The molecular weight excluding hydrogens is 356 g/mol.